The standard InChI is InChI=1S/C18H13NO3/c1-12-7-9-14(10-8-12)18(21)16-15(11-22-19-16)17(20)13-5-3-2-4-6-13/h2-11H,1H3. The first-order valence-electron chi connectivity index (χ1n) is 6.82. The molecule has 0 aliphatic heterocycles. The monoisotopic (exact) mass is 291 g/mol. The summed E-state index contributed by atoms with van der Waals surface area (Å²) in [6, 6.07) is 15.8. The van der Waals surface area contributed by atoms with Crippen LogP contribution in [0.2, 0.25) is 0 Å². The molecule has 1 aromatic heterocycles. The molecular weight excluding hydrogens is 278 g/mol. The fraction of sp³-hybridized carbons (Fsp3) is 0.0556. The zero-order valence-corrected chi connectivity index (χ0v) is 11.9. The van der Waals surface area contributed by atoms with Gasteiger partial charge in [0.05, 0.1) is 5.56 Å². The molecule has 0 amide bonds. The molecule has 108 valence electrons. The number of hydrogen-bond donors (Lipinski definition) is 0. The molecule has 2 aromatic carbocycles. The molecule has 3 aromatic rings. The normalized spacial score (nSPS) is 10.4. The Balaban J connectivity index is 1.97. The molecule has 0 unspecified atom stereocenters. The van der Waals surface area contributed by atoms with E-state index >= 15 is 0 Å². The summed E-state index contributed by atoms with van der Waals surface area (Å²) in [6.07, 6.45) is 1.22. The van der Waals surface area contributed by atoms with Crippen LogP contribution in [0.15, 0.2) is 65.4 Å². The summed E-state index contributed by atoms with van der Waals surface area (Å²) in [4.78, 5) is 25.0. The number of carbonyl (C=O) groups is 2. The van der Waals surface area contributed by atoms with E-state index in [-0.39, 0.29) is 22.8 Å². The molecule has 0 aliphatic rings. The Labute approximate surface area is 127 Å². The maximum Gasteiger partial charge on any atom is 0.215 e. The molecule has 0 atom stereocenters. The van der Waals surface area contributed by atoms with Crippen LogP contribution in [-0.4, -0.2) is 16.7 Å². The van der Waals surface area contributed by atoms with Crippen LogP contribution in [0.1, 0.15) is 37.5 Å². The number of benzene rings is 2. The summed E-state index contributed by atoms with van der Waals surface area (Å²) in [5, 5.41) is 3.72. The second-order valence-electron chi connectivity index (χ2n) is 4.97. The highest BCUT2D eigenvalue weighted by atomic mass is 16.5. The van der Waals surface area contributed by atoms with Crippen molar-refractivity contribution in [2.24, 2.45) is 0 Å². The van der Waals surface area contributed by atoms with Gasteiger partial charge < -0.3 is 4.52 Å². The lowest BCUT2D eigenvalue weighted by molar-refractivity contribution is 0.1000. The predicted molar refractivity (Wildman–Crippen MR) is 81.0 cm³/mol. The number of nitrogens with zero attached hydrogens (tertiary/aromatic N) is 1. The summed E-state index contributed by atoms with van der Waals surface area (Å²) in [7, 11) is 0. The van der Waals surface area contributed by atoms with Gasteiger partial charge in [0.25, 0.3) is 0 Å². The van der Waals surface area contributed by atoms with E-state index in [1.807, 2.05) is 25.1 Å². The summed E-state index contributed by atoms with van der Waals surface area (Å²) in [6.45, 7) is 1.94. The number of ketones is 2. The third-order valence-electron chi connectivity index (χ3n) is 3.38. The van der Waals surface area contributed by atoms with Crippen molar-refractivity contribution in [2.75, 3.05) is 0 Å². The van der Waals surface area contributed by atoms with Gasteiger partial charge in [-0.1, -0.05) is 65.3 Å². The van der Waals surface area contributed by atoms with E-state index in [1.54, 1.807) is 36.4 Å². The highest BCUT2D eigenvalue weighted by Gasteiger charge is 2.23. The van der Waals surface area contributed by atoms with Crippen LogP contribution in [-0.2, 0) is 0 Å². The van der Waals surface area contributed by atoms with Gasteiger partial charge in [0, 0.05) is 11.1 Å². The van der Waals surface area contributed by atoms with Gasteiger partial charge in [0.2, 0.25) is 5.78 Å². The quantitative estimate of drug-likeness (QED) is 0.691. The van der Waals surface area contributed by atoms with Crippen molar-refractivity contribution in [3.63, 3.8) is 0 Å². The van der Waals surface area contributed by atoms with Crippen molar-refractivity contribution in [1.82, 2.24) is 5.16 Å². The first-order chi connectivity index (χ1) is 10.7. The van der Waals surface area contributed by atoms with Gasteiger partial charge in [-0.15, -0.1) is 0 Å². The van der Waals surface area contributed by atoms with Gasteiger partial charge in [0.1, 0.15) is 6.26 Å². The lowest BCUT2D eigenvalue weighted by Gasteiger charge is -2.01. The lowest BCUT2D eigenvalue weighted by Crippen LogP contribution is -2.10. The van der Waals surface area contributed by atoms with E-state index < -0.39 is 0 Å². The highest BCUT2D eigenvalue weighted by molar-refractivity contribution is 6.18. The molecule has 0 fully saturated rings. The summed E-state index contributed by atoms with van der Waals surface area (Å²) in [5.41, 5.74) is 2.23. The van der Waals surface area contributed by atoms with E-state index in [0.29, 0.717) is 11.1 Å². The van der Waals surface area contributed by atoms with Crippen molar-refractivity contribution in [2.45, 2.75) is 6.92 Å². The molecule has 1 heterocycles. The van der Waals surface area contributed by atoms with Crippen molar-refractivity contribution >= 4 is 11.6 Å². The van der Waals surface area contributed by atoms with Crippen LogP contribution in [0.3, 0.4) is 0 Å². The zero-order valence-electron chi connectivity index (χ0n) is 11.9. The molecule has 0 spiro atoms. The van der Waals surface area contributed by atoms with E-state index in [0.717, 1.165) is 5.56 Å². The van der Waals surface area contributed by atoms with Gasteiger partial charge in [-0.05, 0) is 6.92 Å². The molecule has 0 aliphatic carbocycles. The van der Waals surface area contributed by atoms with Crippen molar-refractivity contribution in [3.8, 4) is 0 Å². The molecule has 4 heteroatoms. The Morgan fingerprint density at radius 1 is 0.864 bits per heavy atom. The third kappa shape index (κ3) is 2.59. The maximum atomic E-state index is 12.5. The number of aromatic nitrogens is 1. The topological polar surface area (TPSA) is 60.2 Å². The minimum absolute atomic E-state index is 0.0395. The van der Waals surface area contributed by atoms with Gasteiger partial charge in [-0.2, -0.15) is 0 Å². The van der Waals surface area contributed by atoms with Crippen molar-refractivity contribution in [1.29, 1.82) is 0 Å². The van der Waals surface area contributed by atoms with Crippen LogP contribution in [0.5, 0.6) is 0 Å². The van der Waals surface area contributed by atoms with Gasteiger partial charge in [-0.25, -0.2) is 0 Å². The average Bonchev–Trinajstić information content (AvgIpc) is 3.04. The first-order valence-corrected chi connectivity index (χ1v) is 6.82. The molecule has 3 rings (SSSR count). The Kier molecular flexibility index (Phi) is 3.66. The molecular formula is C18H13NO3. The lowest BCUT2D eigenvalue weighted by atomic mass is 9.99. The number of aryl methyl sites for hydroxylation is 1. The molecule has 0 N–H and O–H groups in total. The first kappa shape index (κ1) is 13.9. The van der Waals surface area contributed by atoms with Crippen LogP contribution in [0.4, 0.5) is 0 Å². The minimum Gasteiger partial charge on any atom is -0.363 e. The summed E-state index contributed by atoms with van der Waals surface area (Å²) >= 11 is 0. The number of hydrogen-bond acceptors (Lipinski definition) is 4. The number of rotatable bonds is 4. The molecule has 0 saturated heterocycles. The molecule has 22 heavy (non-hydrogen) atoms. The zero-order chi connectivity index (χ0) is 15.5. The van der Waals surface area contributed by atoms with E-state index in [9.17, 15) is 9.59 Å². The summed E-state index contributed by atoms with van der Waals surface area (Å²) in [5.74, 6) is -0.606. The van der Waals surface area contributed by atoms with Gasteiger partial charge in [-0.3, -0.25) is 9.59 Å². The van der Waals surface area contributed by atoms with E-state index in [1.165, 1.54) is 6.26 Å². The summed E-state index contributed by atoms with van der Waals surface area (Å²) < 4.78 is 4.86. The Bertz CT molecular complexity index is 817. The van der Waals surface area contributed by atoms with Crippen LogP contribution in [0, 0.1) is 6.92 Å². The van der Waals surface area contributed by atoms with Gasteiger partial charge in [0.15, 0.2) is 11.5 Å². The third-order valence-corrected chi connectivity index (χ3v) is 3.38. The second kappa shape index (κ2) is 5.77. The Hall–Kier alpha value is -3.01. The largest absolute Gasteiger partial charge is 0.363 e. The predicted octanol–water partition coefficient (Wildman–Crippen LogP) is 3.45. The fourth-order valence-electron chi connectivity index (χ4n) is 2.15. The van der Waals surface area contributed by atoms with E-state index in [4.69, 9.17) is 4.52 Å². The molecule has 4 nitrogen and oxygen atoms in total. The Morgan fingerprint density at radius 2 is 1.50 bits per heavy atom. The second-order valence-corrected chi connectivity index (χ2v) is 4.97. The van der Waals surface area contributed by atoms with Crippen molar-refractivity contribution < 1.29 is 14.1 Å². The van der Waals surface area contributed by atoms with Crippen LogP contribution in [0.25, 0.3) is 0 Å². The molecule has 0 saturated carbocycles. The van der Waals surface area contributed by atoms with Crippen LogP contribution < -0.4 is 0 Å². The fourth-order valence-corrected chi connectivity index (χ4v) is 2.15. The highest BCUT2D eigenvalue weighted by Crippen LogP contribution is 2.17. The minimum atomic E-state index is -0.326. The van der Waals surface area contributed by atoms with Crippen molar-refractivity contribution in [3.05, 3.63) is 88.8 Å². The molecule has 0 radical (unpaired) electrons. The van der Waals surface area contributed by atoms with Gasteiger partial charge >= 0.3 is 0 Å². The molecule has 0 bridgehead atoms. The maximum absolute atomic E-state index is 12.5. The number of carbonyl (C=O) groups excluding carboxylic acids is 2. The van der Waals surface area contributed by atoms with Crippen LogP contribution >= 0.6 is 0 Å². The smallest absolute Gasteiger partial charge is 0.215 e. The Morgan fingerprint density at radius 3 is 2.18 bits per heavy atom. The average molecular weight is 291 g/mol. The SMILES string of the molecule is Cc1ccc(C(=O)c2nocc2C(=O)c2ccccc2)cc1. The van der Waals surface area contributed by atoms with E-state index in [2.05, 4.69) is 5.16 Å².